The number of anilines is 1. The van der Waals surface area contributed by atoms with Crippen LogP contribution in [0.5, 0.6) is 0 Å². The molecule has 0 spiro atoms. The summed E-state index contributed by atoms with van der Waals surface area (Å²) in [6, 6.07) is 5.85. The highest BCUT2D eigenvalue weighted by molar-refractivity contribution is 14.1. The predicted octanol–water partition coefficient (Wildman–Crippen LogP) is 3.14. The number of hydrazine groups is 1. The first-order valence-electron chi connectivity index (χ1n) is 4.56. The van der Waals surface area contributed by atoms with Crippen molar-refractivity contribution in [3.8, 4) is 0 Å². The molecule has 7 heteroatoms. The zero-order valence-corrected chi connectivity index (χ0v) is 10.5. The van der Waals surface area contributed by atoms with Gasteiger partial charge in [0.05, 0.1) is 11.2 Å². The van der Waals surface area contributed by atoms with E-state index in [1.807, 2.05) is 0 Å². The number of hydrogen-bond donors (Lipinski definition) is 2. The van der Waals surface area contributed by atoms with Crippen LogP contribution < -0.4 is 11.3 Å². The number of benzene rings is 1. The van der Waals surface area contributed by atoms with Gasteiger partial charge in [0.2, 0.25) is 0 Å². The highest BCUT2D eigenvalue weighted by atomic mass is 127. The number of halogens is 4. The van der Waals surface area contributed by atoms with Crippen LogP contribution in [0.1, 0.15) is 5.69 Å². The fourth-order valence-electron chi connectivity index (χ4n) is 1.46. The monoisotopic (exact) mass is 353 g/mol. The molecule has 2 aromatic rings. The maximum atomic E-state index is 12.6. The van der Waals surface area contributed by atoms with E-state index in [9.17, 15) is 13.2 Å². The number of alkyl halides is 3. The first-order chi connectivity index (χ1) is 7.91. The number of hydrogen-bond acceptors (Lipinski definition) is 3. The summed E-state index contributed by atoms with van der Waals surface area (Å²) < 4.78 is 38.6. The van der Waals surface area contributed by atoms with Crippen molar-refractivity contribution in [2.24, 2.45) is 5.84 Å². The second-order valence-electron chi connectivity index (χ2n) is 3.36. The van der Waals surface area contributed by atoms with Crippen molar-refractivity contribution < 1.29 is 13.2 Å². The van der Waals surface area contributed by atoms with Crippen molar-refractivity contribution in [3.05, 3.63) is 33.5 Å². The lowest BCUT2D eigenvalue weighted by Gasteiger charge is -2.11. The summed E-state index contributed by atoms with van der Waals surface area (Å²) in [5.41, 5.74) is 1.77. The number of rotatable bonds is 1. The van der Waals surface area contributed by atoms with Crippen molar-refractivity contribution in [1.82, 2.24) is 4.98 Å². The molecule has 2 rings (SSSR count). The molecule has 0 fully saturated rings. The largest absolute Gasteiger partial charge is 0.433 e. The molecule has 0 radical (unpaired) electrons. The molecule has 1 heterocycles. The molecular formula is C10H7F3IN3. The van der Waals surface area contributed by atoms with Gasteiger partial charge in [0.15, 0.2) is 0 Å². The zero-order chi connectivity index (χ0) is 12.6. The van der Waals surface area contributed by atoms with Gasteiger partial charge in [-0.1, -0.05) is 0 Å². The molecule has 0 bridgehead atoms. The molecule has 1 aromatic carbocycles. The summed E-state index contributed by atoms with van der Waals surface area (Å²) in [5.74, 6) is 5.23. The highest BCUT2D eigenvalue weighted by Crippen LogP contribution is 2.33. The van der Waals surface area contributed by atoms with Crippen LogP contribution in [0.15, 0.2) is 24.3 Å². The second kappa shape index (κ2) is 4.30. The molecule has 0 unspecified atom stereocenters. The van der Waals surface area contributed by atoms with E-state index in [0.29, 0.717) is 5.39 Å². The van der Waals surface area contributed by atoms with Gasteiger partial charge in [-0.05, 0) is 46.9 Å². The van der Waals surface area contributed by atoms with Crippen LogP contribution in [0.4, 0.5) is 18.9 Å². The van der Waals surface area contributed by atoms with Gasteiger partial charge in [-0.25, -0.2) is 4.98 Å². The Hall–Kier alpha value is -1.09. The van der Waals surface area contributed by atoms with Gasteiger partial charge in [0.1, 0.15) is 5.69 Å². The Kier molecular flexibility index (Phi) is 3.13. The normalized spacial score (nSPS) is 11.8. The predicted molar refractivity (Wildman–Crippen MR) is 67.3 cm³/mol. The molecule has 0 amide bonds. The first kappa shape index (κ1) is 12.4. The first-order valence-corrected chi connectivity index (χ1v) is 5.64. The molecule has 0 saturated carbocycles. The van der Waals surface area contributed by atoms with Crippen LogP contribution in [0.2, 0.25) is 0 Å². The van der Waals surface area contributed by atoms with Gasteiger partial charge in [-0.3, -0.25) is 5.84 Å². The summed E-state index contributed by atoms with van der Waals surface area (Å²) in [7, 11) is 0. The number of nitrogen functional groups attached to an aromatic ring is 1. The molecule has 3 N–H and O–H groups in total. The summed E-state index contributed by atoms with van der Waals surface area (Å²) in [6.45, 7) is 0. The molecule has 1 aromatic heterocycles. The van der Waals surface area contributed by atoms with E-state index in [-0.39, 0.29) is 11.2 Å². The minimum absolute atomic E-state index is 0.209. The minimum atomic E-state index is -4.48. The standard InChI is InChI=1S/C10H7F3IN3/c11-10(12,13)9-4-8(17-15)6-3-5(14)1-2-7(6)16-9/h1-4H,15H2,(H,16,17). The lowest BCUT2D eigenvalue weighted by molar-refractivity contribution is -0.140. The Morgan fingerprint density at radius 1 is 1.24 bits per heavy atom. The van der Waals surface area contributed by atoms with Crippen LogP contribution in [-0.4, -0.2) is 4.98 Å². The molecule has 90 valence electrons. The van der Waals surface area contributed by atoms with Crippen molar-refractivity contribution >= 4 is 39.2 Å². The van der Waals surface area contributed by atoms with Crippen LogP contribution in [0, 0.1) is 3.57 Å². The third-order valence-electron chi connectivity index (χ3n) is 2.22. The average molecular weight is 353 g/mol. The summed E-state index contributed by atoms with van der Waals surface area (Å²) in [4.78, 5) is 3.57. The molecule has 0 saturated heterocycles. The maximum absolute atomic E-state index is 12.6. The highest BCUT2D eigenvalue weighted by Gasteiger charge is 2.33. The number of nitrogens with zero attached hydrogens (tertiary/aromatic N) is 1. The Balaban J connectivity index is 2.75. The van der Waals surface area contributed by atoms with Crippen LogP contribution in [-0.2, 0) is 6.18 Å². The maximum Gasteiger partial charge on any atom is 0.433 e. The second-order valence-corrected chi connectivity index (χ2v) is 4.60. The smallest absolute Gasteiger partial charge is 0.323 e. The number of aromatic nitrogens is 1. The van der Waals surface area contributed by atoms with Gasteiger partial charge >= 0.3 is 6.18 Å². The molecule has 0 aliphatic rings. The fourth-order valence-corrected chi connectivity index (χ4v) is 1.95. The number of fused-ring (bicyclic) bond motifs is 1. The van der Waals surface area contributed by atoms with Gasteiger partial charge in [-0.15, -0.1) is 0 Å². The van der Waals surface area contributed by atoms with E-state index in [1.54, 1.807) is 12.1 Å². The Morgan fingerprint density at radius 3 is 2.53 bits per heavy atom. The number of nitrogens with two attached hydrogens (primary N) is 1. The number of nitrogens with one attached hydrogen (secondary N) is 1. The lowest BCUT2D eigenvalue weighted by atomic mass is 10.1. The van der Waals surface area contributed by atoms with Gasteiger partial charge in [-0.2, -0.15) is 13.2 Å². The molecule has 0 atom stereocenters. The van der Waals surface area contributed by atoms with E-state index in [1.165, 1.54) is 6.07 Å². The topological polar surface area (TPSA) is 50.9 Å². The molecule has 0 aliphatic carbocycles. The quantitative estimate of drug-likeness (QED) is 0.471. The van der Waals surface area contributed by atoms with Crippen molar-refractivity contribution in [2.75, 3.05) is 5.43 Å². The van der Waals surface area contributed by atoms with Crippen molar-refractivity contribution in [1.29, 1.82) is 0 Å². The molecular weight excluding hydrogens is 346 g/mol. The van der Waals surface area contributed by atoms with E-state index in [2.05, 4.69) is 33.0 Å². The van der Waals surface area contributed by atoms with Gasteiger partial charge < -0.3 is 5.43 Å². The van der Waals surface area contributed by atoms with E-state index in [0.717, 1.165) is 9.64 Å². The van der Waals surface area contributed by atoms with Gasteiger partial charge in [0.25, 0.3) is 0 Å². The van der Waals surface area contributed by atoms with Crippen LogP contribution in [0.25, 0.3) is 10.9 Å². The summed E-state index contributed by atoms with van der Waals surface area (Å²) in [6.07, 6.45) is -4.48. The summed E-state index contributed by atoms with van der Waals surface area (Å²) >= 11 is 2.07. The van der Waals surface area contributed by atoms with Gasteiger partial charge in [0, 0.05) is 8.96 Å². The van der Waals surface area contributed by atoms with Crippen molar-refractivity contribution in [2.45, 2.75) is 6.18 Å². The molecule has 3 nitrogen and oxygen atoms in total. The van der Waals surface area contributed by atoms with Crippen molar-refractivity contribution in [3.63, 3.8) is 0 Å². The Labute approximate surface area is 108 Å². The molecule has 0 aliphatic heterocycles. The summed E-state index contributed by atoms with van der Waals surface area (Å²) in [5, 5.41) is 0.562. The SMILES string of the molecule is NNc1cc(C(F)(F)F)nc2ccc(I)cc12. The Morgan fingerprint density at radius 2 is 1.94 bits per heavy atom. The number of pyridine rings is 1. The van der Waals surface area contributed by atoms with E-state index in [4.69, 9.17) is 5.84 Å². The van der Waals surface area contributed by atoms with E-state index < -0.39 is 11.9 Å². The zero-order valence-electron chi connectivity index (χ0n) is 8.35. The Bertz CT molecular complexity index is 568. The van der Waals surface area contributed by atoms with Crippen LogP contribution in [0.3, 0.4) is 0 Å². The lowest BCUT2D eigenvalue weighted by Crippen LogP contribution is -2.12. The fraction of sp³-hybridized carbons (Fsp3) is 0.100. The van der Waals surface area contributed by atoms with Crippen LogP contribution >= 0.6 is 22.6 Å². The third-order valence-corrected chi connectivity index (χ3v) is 2.89. The van der Waals surface area contributed by atoms with E-state index >= 15 is 0 Å². The average Bonchev–Trinajstić information content (AvgIpc) is 2.26. The molecule has 17 heavy (non-hydrogen) atoms. The third kappa shape index (κ3) is 2.44. The minimum Gasteiger partial charge on any atom is -0.323 e.